The average molecular weight is 296 g/mol. The summed E-state index contributed by atoms with van der Waals surface area (Å²) in [6.45, 7) is 2.95. The van der Waals surface area contributed by atoms with Gasteiger partial charge in [0.15, 0.2) is 0 Å². The molecular formula is C18H16O4. The summed E-state index contributed by atoms with van der Waals surface area (Å²) in [5.41, 5.74) is 5.20. The van der Waals surface area contributed by atoms with Crippen LogP contribution in [0.3, 0.4) is 0 Å². The molecular weight excluding hydrogens is 280 g/mol. The molecule has 1 aliphatic carbocycles. The van der Waals surface area contributed by atoms with Crippen LogP contribution < -0.4 is 0 Å². The number of aliphatic carboxylic acids is 1. The summed E-state index contributed by atoms with van der Waals surface area (Å²) in [5, 5.41) is 8.08. The molecule has 112 valence electrons. The van der Waals surface area contributed by atoms with Crippen molar-refractivity contribution in [1.82, 2.24) is 0 Å². The Labute approximate surface area is 128 Å². The zero-order valence-corrected chi connectivity index (χ0v) is 12.2. The lowest BCUT2D eigenvalue weighted by molar-refractivity contribution is -0.142. The summed E-state index contributed by atoms with van der Waals surface area (Å²) in [4.78, 5) is 20.1. The van der Waals surface area contributed by atoms with Gasteiger partial charge in [0.05, 0.1) is 7.11 Å². The quantitative estimate of drug-likeness (QED) is 0.342. The van der Waals surface area contributed by atoms with Gasteiger partial charge in [-0.05, 0) is 28.7 Å². The molecule has 0 unspecified atom stereocenters. The summed E-state index contributed by atoms with van der Waals surface area (Å²) >= 11 is 0. The molecule has 22 heavy (non-hydrogen) atoms. The second kappa shape index (κ2) is 6.72. The minimum absolute atomic E-state index is 0.558. The highest BCUT2D eigenvalue weighted by atomic mass is 16.5. The number of fused-ring (bicyclic) bond motifs is 3. The van der Waals surface area contributed by atoms with Gasteiger partial charge in [0, 0.05) is 0 Å². The third kappa shape index (κ3) is 3.23. The van der Waals surface area contributed by atoms with Crippen LogP contribution >= 0.6 is 0 Å². The second-order valence-electron chi connectivity index (χ2n) is 4.77. The van der Waals surface area contributed by atoms with Gasteiger partial charge in [-0.25, -0.2) is 9.59 Å². The van der Waals surface area contributed by atoms with Gasteiger partial charge in [0.2, 0.25) is 0 Å². The van der Waals surface area contributed by atoms with Crippen LogP contribution in [-0.2, 0) is 20.7 Å². The van der Waals surface area contributed by atoms with Crippen molar-refractivity contribution in [2.45, 2.75) is 6.42 Å². The fraction of sp³-hybridized carbons (Fsp3) is 0.111. The monoisotopic (exact) mass is 296 g/mol. The van der Waals surface area contributed by atoms with Gasteiger partial charge in [-0.15, -0.1) is 0 Å². The molecule has 0 radical (unpaired) electrons. The summed E-state index contributed by atoms with van der Waals surface area (Å²) in [5.74, 6) is -2.27. The molecule has 0 saturated carbocycles. The first-order chi connectivity index (χ1) is 10.5. The van der Waals surface area contributed by atoms with E-state index < -0.39 is 17.5 Å². The van der Waals surface area contributed by atoms with Crippen LogP contribution in [-0.4, -0.2) is 24.2 Å². The van der Waals surface area contributed by atoms with Gasteiger partial charge in [-0.2, -0.15) is 0 Å². The molecule has 0 amide bonds. The van der Waals surface area contributed by atoms with Gasteiger partial charge >= 0.3 is 11.9 Å². The molecule has 0 fully saturated rings. The Balaban J connectivity index is 0.000000175. The van der Waals surface area contributed by atoms with Crippen molar-refractivity contribution in [1.29, 1.82) is 0 Å². The van der Waals surface area contributed by atoms with Crippen LogP contribution in [0, 0.1) is 0 Å². The number of ether oxygens (including phenoxy) is 1. The fourth-order valence-corrected chi connectivity index (χ4v) is 2.29. The first kappa shape index (κ1) is 15.5. The summed E-state index contributed by atoms with van der Waals surface area (Å²) in [6.07, 6.45) is 1.10. The van der Waals surface area contributed by atoms with Gasteiger partial charge in [-0.3, -0.25) is 0 Å². The smallest absolute Gasteiger partial charge is 0.344 e. The molecule has 0 heterocycles. The molecule has 0 aliphatic heterocycles. The Morgan fingerprint density at radius 2 is 1.45 bits per heavy atom. The van der Waals surface area contributed by atoms with Crippen LogP contribution in [0.25, 0.3) is 11.1 Å². The molecule has 4 heteroatoms. The fourth-order valence-electron chi connectivity index (χ4n) is 2.29. The van der Waals surface area contributed by atoms with Crippen LogP contribution in [0.5, 0.6) is 0 Å². The topological polar surface area (TPSA) is 63.6 Å². The van der Waals surface area contributed by atoms with E-state index in [1.165, 1.54) is 22.3 Å². The van der Waals surface area contributed by atoms with E-state index >= 15 is 0 Å². The molecule has 0 saturated heterocycles. The number of carboxylic acids is 1. The number of methoxy groups -OCH3 is 1. The molecule has 1 aliphatic rings. The Morgan fingerprint density at radius 3 is 1.82 bits per heavy atom. The predicted octanol–water partition coefficient (Wildman–Crippen LogP) is 3.06. The Bertz CT molecular complexity index is 688. The molecule has 2 aromatic rings. The third-order valence-corrected chi connectivity index (χ3v) is 3.40. The van der Waals surface area contributed by atoms with E-state index in [0.29, 0.717) is 0 Å². The normalized spacial score (nSPS) is 10.6. The van der Waals surface area contributed by atoms with Crippen LogP contribution in [0.15, 0.2) is 60.7 Å². The highest BCUT2D eigenvalue weighted by Gasteiger charge is 2.15. The van der Waals surface area contributed by atoms with E-state index in [9.17, 15) is 9.59 Å². The molecule has 0 bridgehead atoms. The maximum Gasteiger partial charge on any atom is 0.344 e. The molecule has 0 aromatic heterocycles. The Kier molecular flexibility index (Phi) is 4.73. The summed E-state index contributed by atoms with van der Waals surface area (Å²) in [7, 11) is 1.09. The highest BCUT2D eigenvalue weighted by molar-refractivity contribution is 6.12. The largest absolute Gasteiger partial charge is 0.477 e. The van der Waals surface area contributed by atoms with Crippen LogP contribution in [0.2, 0.25) is 0 Å². The average Bonchev–Trinajstić information content (AvgIpc) is 2.92. The van der Waals surface area contributed by atoms with E-state index in [2.05, 4.69) is 59.8 Å². The molecule has 0 atom stereocenters. The lowest BCUT2D eigenvalue weighted by atomic mass is 10.1. The van der Waals surface area contributed by atoms with Crippen molar-refractivity contribution in [3.05, 3.63) is 71.8 Å². The number of carboxylic acid groups (broad SMARTS) is 1. The van der Waals surface area contributed by atoms with E-state index in [1.54, 1.807) is 0 Å². The number of rotatable bonds is 2. The van der Waals surface area contributed by atoms with Gasteiger partial charge in [0.25, 0.3) is 0 Å². The molecule has 0 spiro atoms. The number of carbonyl (C=O) groups is 2. The predicted molar refractivity (Wildman–Crippen MR) is 83.5 cm³/mol. The zero-order valence-electron chi connectivity index (χ0n) is 12.2. The van der Waals surface area contributed by atoms with Crippen molar-refractivity contribution >= 4 is 11.9 Å². The summed E-state index contributed by atoms with van der Waals surface area (Å²) in [6, 6.07) is 17.3. The van der Waals surface area contributed by atoms with E-state index in [0.717, 1.165) is 13.5 Å². The van der Waals surface area contributed by atoms with Crippen molar-refractivity contribution in [2.75, 3.05) is 7.11 Å². The highest BCUT2D eigenvalue weighted by Crippen LogP contribution is 2.35. The van der Waals surface area contributed by atoms with E-state index in [-0.39, 0.29) is 0 Å². The van der Waals surface area contributed by atoms with Crippen molar-refractivity contribution in [3.8, 4) is 11.1 Å². The number of carbonyl (C=O) groups excluding carboxylic acids is 1. The number of benzene rings is 2. The minimum Gasteiger partial charge on any atom is -0.477 e. The molecule has 2 aromatic carbocycles. The van der Waals surface area contributed by atoms with E-state index in [1.807, 2.05) is 0 Å². The summed E-state index contributed by atoms with van der Waals surface area (Å²) < 4.78 is 4.05. The lowest BCUT2D eigenvalue weighted by Gasteiger charge is -1.98. The van der Waals surface area contributed by atoms with E-state index in [4.69, 9.17) is 5.11 Å². The first-order valence-corrected chi connectivity index (χ1v) is 6.71. The van der Waals surface area contributed by atoms with Gasteiger partial charge < -0.3 is 9.84 Å². The number of hydrogen-bond donors (Lipinski definition) is 1. The Hall–Kier alpha value is -2.88. The van der Waals surface area contributed by atoms with Crippen molar-refractivity contribution < 1.29 is 19.4 Å². The number of esters is 1. The van der Waals surface area contributed by atoms with Gasteiger partial charge in [-0.1, -0.05) is 55.1 Å². The maximum atomic E-state index is 10.3. The van der Waals surface area contributed by atoms with Gasteiger partial charge in [0.1, 0.15) is 5.57 Å². The SMILES string of the molecule is C=C(C(=O)O)C(=O)OC.c1ccc2c(c1)Cc1ccccc1-2. The molecule has 3 rings (SSSR count). The Morgan fingerprint density at radius 1 is 1.00 bits per heavy atom. The molecule has 1 N–H and O–H groups in total. The van der Waals surface area contributed by atoms with Crippen LogP contribution in [0.1, 0.15) is 11.1 Å². The third-order valence-electron chi connectivity index (χ3n) is 3.40. The van der Waals surface area contributed by atoms with Crippen molar-refractivity contribution in [2.24, 2.45) is 0 Å². The maximum absolute atomic E-state index is 10.3. The van der Waals surface area contributed by atoms with Crippen LogP contribution in [0.4, 0.5) is 0 Å². The number of hydrogen-bond acceptors (Lipinski definition) is 3. The standard InChI is InChI=1S/C13H10.C5H6O4/c1-3-7-12-10(5-1)9-11-6-2-4-8-13(11)12;1-3(4(6)7)5(8)9-2/h1-8H,9H2;1H2,2H3,(H,6,7). The molecule has 4 nitrogen and oxygen atoms in total. The lowest BCUT2D eigenvalue weighted by Crippen LogP contribution is -2.11. The second-order valence-corrected chi connectivity index (χ2v) is 4.77. The zero-order chi connectivity index (χ0) is 16.1. The minimum atomic E-state index is -1.36. The first-order valence-electron chi connectivity index (χ1n) is 6.71. The van der Waals surface area contributed by atoms with Crippen molar-refractivity contribution in [3.63, 3.8) is 0 Å².